The molecule has 0 aromatic carbocycles. The van der Waals surface area contributed by atoms with Crippen LogP contribution in [-0.2, 0) is 11.3 Å². The second-order valence-electron chi connectivity index (χ2n) is 4.95. The molecular formula is C13H22N4O2. The molecule has 0 atom stereocenters. The number of rotatable bonds is 6. The average molecular weight is 266 g/mol. The SMILES string of the molecule is CCCCn1nc(NC2CCC2)c(C(=O)OC)c1N. The zero-order chi connectivity index (χ0) is 13.8. The van der Waals surface area contributed by atoms with Gasteiger partial charge < -0.3 is 15.8 Å². The summed E-state index contributed by atoms with van der Waals surface area (Å²) < 4.78 is 6.49. The molecule has 1 aliphatic rings. The van der Waals surface area contributed by atoms with Gasteiger partial charge in [-0.25, -0.2) is 9.48 Å². The molecule has 0 amide bonds. The number of nitrogens with two attached hydrogens (primary N) is 1. The Morgan fingerprint density at radius 1 is 1.58 bits per heavy atom. The summed E-state index contributed by atoms with van der Waals surface area (Å²) in [5, 5.41) is 7.70. The maximum Gasteiger partial charge on any atom is 0.345 e. The van der Waals surface area contributed by atoms with Gasteiger partial charge in [0.05, 0.1) is 7.11 Å². The molecule has 1 fully saturated rings. The van der Waals surface area contributed by atoms with Crippen LogP contribution in [0.5, 0.6) is 0 Å². The third-order valence-electron chi connectivity index (χ3n) is 3.55. The van der Waals surface area contributed by atoms with Crippen LogP contribution in [0.15, 0.2) is 0 Å². The minimum atomic E-state index is -0.429. The topological polar surface area (TPSA) is 82.2 Å². The van der Waals surface area contributed by atoms with E-state index in [1.807, 2.05) is 0 Å². The van der Waals surface area contributed by atoms with Crippen molar-refractivity contribution in [3.05, 3.63) is 5.56 Å². The van der Waals surface area contributed by atoms with Crippen molar-refractivity contribution in [2.24, 2.45) is 0 Å². The Balaban J connectivity index is 2.24. The van der Waals surface area contributed by atoms with Crippen LogP contribution in [0.4, 0.5) is 11.6 Å². The average Bonchev–Trinajstić information content (AvgIpc) is 2.67. The first-order chi connectivity index (χ1) is 9.17. The number of ether oxygens (including phenoxy) is 1. The van der Waals surface area contributed by atoms with Crippen LogP contribution < -0.4 is 11.1 Å². The number of aromatic nitrogens is 2. The Hall–Kier alpha value is -1.72. The van der Waals surface area contributed by atoms with Gasteiger partial charge in [-0.15, -0.1) is 0 Å². The molecule has 2 rings (SSSR count). The Bertz CT molecular complexity index is 452. The molecule has 1 aromatic rings. The van der Waals surface area contributed by atoms with Crippen LogP contribution in [0.3, 0.4) is 0 Å². The molecule has 0 aliphatic heterocycles. The van der Waals surface area contributed by atoms with Crippen molar-refractivity contribution in [3.63, 3.8) is 0 Å². The van der Waals surface area contributed by atoms with E-state index in [2.05, 4.69) is 17.3 Å². The smallest absolute Gasteiger partial charge is 0.345 e. The highest BCUT2D eigenvalue weighted by Gasteiger charge is 2.26. The summed E-state index contributed by atoms with van der Waals surface area (Å²) in [5.74, 6) is 0.523. The number of esters is 1. The van der Waals surface area contributed by atoms with Crippen LogP contribution in [0.2, 0.25) is 0 Å². The van der Waals surface area contributed by atoms with E-state index in [0.29, 0.717) is 23.2 Å². The molecule has 0 radical (unpaired) electrons. The Labute approximate surface area is 113 Å². The molecule has 1 aliphatic carbocycles. The molecule has 19 heavy (non-hydrogen) atoms. The Kier molecular flexibility index (Phi) is 4.29. The number of aryl methyl sites for hydroxylation is 1. The Morgan fingerprint density at radius 2 is 2.32 bits per heavy atom. The number of anilines is 2. The van der Waals surface area contributed by atoms with Crippen molar-refractivity contribution < 1.29 is 9.53 Å². The van der Waals surface area contributed by atoms with Crippen molar-refractivity contribution in [3.8, 4) is 0 Å². The summed E-state index contributed by atoms with van der Waals surface area (Å²) in [5.41, 5.74) is 6.38. The molecule has 6 nitrogen and oxygen atoms in total. The van der Waals surface area contributed by atoms with E-state index in [1.165, 1.54) is 13.5 Å². The van der Waals surface area contributed by atoms with E-state index < -0.39 is 5.97 Å². The van der Waals surface area contributed by atoms with Crippen LogP contribution in [-0.4, -0.2) is 28.9 Å². The predicted molar refractivity (Wildman–Crippen MR) is 74.1 cm³/mol. The minimum Gasteiger partial charge on any atom is -0.465 e. The molecule has 6 heteroatoms. The largest absolute Gasteiger partial charge is 0.465 e. The summed E-state index contributed by atoms with van der Waals surface area (Å²) in [6.45, 7) is 2.83. The number of hydrogen-bond donors (Lipinski definition) is 2. The van der Waals surface area contributed by atoms with Crippen LogP contribution in [0.25, 0.3) is 0 Å². The van der Waals surface area contributed by atoms with Gasteiger partial charge in [-0.3, -0.25) is 0 Å². The van der Waals surface area contributed by atoms with Crippen LogP contribution >= 0.6 is 0 Å². The molecule has 0 saturated heterocycles. The number of unbranched alkanes of at least 4 members (excludes halogenated alkanes) is 1. The molecule has 106 valence electrons. The second kappa shape index (κ2) is 5.95. The van der Waals surface area contributed by atoms with E-state index in [1.54, 1.807) is 4.68 Å². The van der Waals surface area contributed by atoms with Crippen LogP contribution in [0.1, 0.15) is 49.4 Å². The van der Waals surface area contributed by atoms with Gasteiger partial charge in [-0.2, -0.15) is 5.10 Å². The van der Waals surface area contributed by atoms with Crippen molar-refractivity contribution in [2.75, 3.05) is 18.2 Å². The van der Waals surface area contributed by atoms with Gasteiger partial charge in [0.25, 0.3) is 0 Å². The highest BCUT2D eigenvalue weighted by molar-refractivity contribution is 5.99. The summed E-state index contributed by atoms with van der Waals surface area (Å²) in [4.78, 5) is 11.8. The minimum absolute atomic E-state index is 0.366. The first-order valence-corrected chi connectivity index (χ1v) is 6.88. The number of methoxy groups -OCH3 is 1. The quantitative estimate of drug-likeness (QED) is 0.770. The third-order valence-corrected chi connectivity index (χ3v) is 3.55. The molecule has 1 saturated carbocycles. The predicted octanol–water partition coefficient (Wildman–Crippen LogP) is 2.02. The highest BCUT2D eigenvalue weighted by atomic mass is 16.5. The van der Waals surface area contributed by atoms with Gasteiger partial charge in [0, 0.05) is 12.6 Å². The number of nitrogens with zero attached hydrogens (tertiary/aromatic N) is 2. The van der Waals surface area contributed by atoms with Gasteiger partial charge in [0.15, 0.2) is 5.82 Å². The summed E-state index contributed by atoms with van der Waals surface area (Å²) >= 11 is 0. The zero-order valence-electron chi connectivity index (χ0n) is 11.6. The molecule has 3 N–H and O–H groups in total. The first kappa shape index (κ1) is 13.7. The van der Waals surface area contributed by atoms with Crippen molar-refractivity contribution in [1.29, 1.82) is 0 Å². The van der Waals surface area contributed by atoms with E-state index in [0.717, 1.165) is 32.2 Å². The van der Waals surface area contributed by atoms with Gasteiger partial charge in [0.1, 0.15) is 11.4 Å². The summed E-state index contributed by atoms with van der Waals surface area (Å²) in [7, 11) is 1.36. The van der Waals surface area contributed by atoms with E-state index in [9.17, 15) is 4.79 Å². The third kappa shape index (κ3) is 2.83. The fourth-order valence-corrected chi connectivity index (χ4v) is 2.10. The first-order valence-electron chi connectivity index (χ1n) is 6.88. The molecule has 0 bridgehead atoms. The lowest BCUT2D eigenvalue weighted by atomic mass is 9.93. The Morgan fingerprint density at radius 3 is 2.84 bits per heavy atom. The molecule has 0 spiro atoms. The van der Waals surface area contributed by atoms with E-state index in [-0.39, 0.29) is 0 Å². The molecule has 1 heterocycles. The second-order valence-corrected chi connectivity index (χ2v) is 4.95. The normalized spacial score (nSPS) is 15.1. The maximum absolute atomic E-state index is 11.8. The standard InChI is InChI=1S/C13H22N4O2/c1-3-4-8-17-11(14)10(13(18)19-2)12(16-17)15-9-6-5-7-9/h9H,3-8,14H2,1-2H3,(H,15,16). The van der Waals surface area contributed by atoms with Crippen LogP contribution in [0, 0.1) is 0 Å². The highest BCUT2D eigenvalue weighted by Crippen LogP contribution is 2.28. The van der Waals surface area contributed by atoms with Gasteiger partial charge in [0.2, 0.25) is 0 Å². The van der Waals surface area contributed by atoms with Gasteiger partial charge in [-0.05, 0) is 25.7 Å². The lowest BCUT2D eigenvalue weighted by Crippen LogP contribution is -2.28. The number of nitrogens with one attached hydrogen (secondary N) is 1. The lowest BCUT2D eigenvalue weighted by Gasteiger charge is -2.26. The molecule has 1 aromatic heterocycles. The molecule has 0 unspecified atom stereocenters. The van der Waals surface area contributed by atoms with Gasteiger partial charge >= 0.3 is 5.97 Å². The fourth-order valence-electron chi connectivity index (χ4n) is 2.10. The fraction of sp³-hybridized carbons (Fsp3) is 0.692. The summed E-state index contributed by atoms with van der Waals surface area (Å²) in [6, 6.07) is 0.400. The monoisotopic (exact) mass is 266 g/mol. The number of nitrogen functional groups attached to an aromatic ring is 1. The van der Waals surface area contributed by atoms with E-state index in [4.69, 9.17) is 10.5 Å². The number of hydrogen-bond acceptors (Lipinski definition) is 5. The number of carbonyl (C=O) groups is 1. The summed E-state index contributed by atoms with van der Waals surface area (Å²) in [6.07, 6.45) is 5.48. The van der Waals surface area contributed by atoms with Gasteiger partial charge in [-0.1, -0.05) is 13.3 Å². The lowest BCUT2D eigenvalue weighted by molar-refractivity contribution is 0.0603. The van der Waals surface area contributed by atoms with E-state index >= 15 is 0 Å². The molecular weight excluding hydrogens is 244 g/mol. The number of carbonyl (C=O) groups excluding carboxylic acids is 1. The maximum atomic E-state index is 11.8. The van der Waals surface area contributed by atoms with Crippen molar-refractivity contribution in [1.82, 2.24) is 9.78 Å². The van der Waals surface area contributed by atoms with Crippen molar-refractivity contribution in [2.45, 2.75) is 51.6 Å². The van der Waals surface area contributed by atoms with Crippen molar-refractivity contribution >= 4 is 17.6 Å². The zero-order valence-corrected chi connectivity index (χ0v) is 11.6.